The molecule has 0 aromatic heterocycles. The lowest BCUT2D eigenvalue weighted by atomic mass is 9.95. The normalized spacial score (nSPS) is 15.8. The van der Waals surface area contributed by atoms with E-state index in [4.69, 9.17) is 0 Å². The zero-order valence-electron chi connectivity index (χ0n) is 20.8. The summed E-state index contributed by atoms with van der Waals surface area (Å²) in [5.41, 5.74) is 0. The van der Waals surface area contributed by atoms with Gasteiger partial charge in [-0.15, -0.1) is 0 Å². The molecule has 1 rings (SSSR count). The van der Waals surface area contributed by atoms with Crippen molar-refractivity contribution in [3.63, 3.8) is 0 Å². The van der Waals surface area contributed by atoms with Crippen LogP contribution in [0.1, 0.15) is 136 Å². The largest absolute Gasteiger partial charge is 0.314 e. The van der Waals surface area contributed by atoms with E-state index in [9.17, 15) is 0 Å². The van der Waals surface area contributed by atoms with Gasteiger partial charge in [-0.25, -0.2) is 0 Å². The number of nitrogens with one attached hydrogen (secondary N) is 1. The summed E-state index contributed by atoms with van der Waals surface area (Å²) in [4.78, 5) is 0. The molecule has 1 aliphatic rings. The summed E-state index contributed by atoms with van der Waals surface area (Å²) in [6.07, 6.45) is 26.4. The highest BCUT2D eigenvalue weighted by Gasteiger charge is 2.30. The van der Waals surface area contributed by atoms with Gasteiger partial charge in [0.05, 0.1) is 8.07 Å². The smallest absolute Gasteiger partial charge is 0.0536 e. The monoisotopic (exact) mass is 423 g/mol. The van der Waals surface area contributed by atoms with Crippen LogP contribution in [0, 0.1) is 0 Å². The van der Waals surface area contributed by atoms with Crippen molar-refractivity contribution in [3.05, 3.63) is 0 Å². The lowest BCUT2D eigenvalue weighted by molar-refractivity contribution is 0.374. The van der Waals surface area contributed by atoms with Crippen LogP contribution < -0.4 is 5.32 Å². The molecule has 0 amide bonds. The fourth-order valence-electron chi connectivity index (χ4n) is 5.61. The van der Waals surface area contributed by atoms with E-state index in [0.29, 0.717) is 0 Å². The average molecular weight is 424 g/mol. The van der Waals surface area contributed by atoms with Crippen LogP contribution in [-0.4, -0.2) is 20.7 Å². The van der Waals surface area contributed by atoms with Crippen molar-refractivity contribution in [2.45, 2.75) is 167 Å². The number of hydrogen-bond acceptors (Lipinski definition) is 1. The minimum absolute atomic E-state index is 0.846. The zero-order chi connectivity index (χ0) is 21.0. The SMILES string of the molecule is CCCCCC[Si](CCCCCC)(CCCCCC)CCCNC1CCCCC1. The van der Waals surface area contributed by atoms with E-state index in [1.807, 2.05) is 0 Å². The van der Waals surface area contributed by atoms with Crippen LogP contribution in [0.5, 0.6) is 0 Å². The van der Waals surface area contributed by atoms with Crippen molar-refractivity contribution in [2.75, 3.05) is 6.54 Å². The van der Waals surface area contributed by atoms with Crippen molar-refractivity contribution < 1.29 is 0 Å². The Labute approximate surface area is 186 Å². The first-order chi connectivity index (χ1) is 14.3. The van der Waals surface area contributed by atoms with Crippen LogP contribution in [0.3, 0.4) is 0 Å². The molecule has 0 radical (unpaired) electrons. The van der Waals surface area contributed by atoms with Crippen LogP contribution >= 0.6 is 0 Å². The fraction of sp³-hybridized carbons (Fsp3) is 1.00. The second kappa shape index (κ2) is 18.9. The van der Waals surface area contributed by atoms with E-state index in [2.05, 4.69) is 26.1 Å². The molecule has 174 valence electrons. The predicted molar refractivity (Wildman–Crippen MR) is 137 cm³/mol. The summed E-state index contributed by atoms with van der Waals surface area (Å²) in [5.74, 6) is 0. The van der Waals surface area contributed by atoms with E-state index in [0.717, 1.165) is 6.04 Å². The lowest BCUT2D eigenvalue weighted by Gasteiger charge is -2.33. The summed E-state index contributed by atoms with van der Waals surface area (Å²) < 4.78 is 0. The quantitative estimate of drug-likeness (QED) is 0.152. The third-order valence-corrected chi connectivity index (χ3v) is 13.3. The van der Waals surface area contributed by atoms with Crippen molar-refractivity contribution in [1.29, 1.82) is 0 Å². The van der Waals surface area contributed by atoms with Crippen molar-refractivity contribution >= 4 is 8.07 Å². The Kier molecular flexibility index (Phi) is 17.7. The molecule has 0 aliphatic heterocycles. The number of hydrogen-bond donors (Lipinski definition) is 1. The van der Waals surface area contributed by atoms with Gasteiger partial charge in [0, 0.05) is 6.04 Å². The van der Waals surface area contributed by atoms with Gasteiger partial charge in [0.15, 0.2) is 0 Å². The maximum Gasteiger partial charge on any atom is 0.0536 e. The molecule has 1 fully saturated rings. The van der Waals surface area contributed by atoms with Gasteiger partial charge < -0.3 is 5.32 Å². The second-order valence-electron chi connectivity index (χ2n) is 10.3. The fourth-order valence-corrected chi connectivity index (χ4v) is 11.0. The average Bonchev–Trinajstić information content (AvgIpc) is 2.75. The van der Waals surface area contributed by atoms with Gasteiger partial charge in [0.2, 0.25) is 0 Å². The first-order valence-corrected chi connectivity index (χ1v) is 16.8. The van der Waals surface area contributed by atoms with Gasteiger partial charge in [-0.1, -0.05) is 141 Å². The molecule has 1 N–H and O–H groups in total. The van der Waals surface area contributed by atoms with E-state index in [1.165, 1.54) is 122 Å². The molecule has 0 unspecified atom stereocenters. The van der Waals surface area contributed by atoms with Gasteiger partial charge in [-0.05, 0) is 25.8 Å². The minimum atomic E-state index is -1.07. The highest BCUT2D eigenvalue weighted by atomic mass is 28.3. The maximum atomic E-state index is 3.95. The molecule has 0 bridgehead atoms. The Bertz CT molecular complexity index is 306. The molecule has 0 atom stereocenters. The summed E-state index contributed by atoms with van der Waals surface area (Å²) >= 11 is 0. The minimum Gasteiger partial charge on any atom is -0.314 e. The second-order valence-corrected chi connectivity index (χ2v) is 15.3. The van der Waals surface area contributed by atoms with Gasteiger partial charge in [0.25, 0.3) is 0 Å². The van der Waals surface area contributed by atoms with Gasteiger partial charge in [-0.2, -0.15) is 0 Å². The van der Waals surface area contributed by atoms with Crippen LogP contribution in [0.4, 0.5) is 0 Å². The van der Waals surface area contributed by atoms with Gasteiger partial charge in [-0.3, -0.25) is 0 Å². The Balaban J connectivity index is 2.54. The van der Waals surface area contributed by atoms with E-state index in [-0.39, 0.29) is 0 Å². The molecule has 1 saturated carbocycles. The van der Waals surface area contributed by atoms with E-state index in [1.54, 1.807) is 24.2 Å². The van der Waals surface area contributed by atoms with Crippen LogP contribution in [0.25, 0.3) is 0 Å². The Morgan fingerprint density at radius 1 is 0.552 bits per heavy atom. The molecule has 29 heavy (non-hydrogen) atoms. The molecule has 0 heterocycles. The predicted octanol–water partition coefficient (Wildman–Crippen LogP) is 9.49. The molecular weight excluding hydrogens is 366 g/mol. The number of unbranched alkanes of at least 4 members (excludes halogenated alkanes) is 9. The summed E-state index contributed by atoms with van der Waals surface area (Å²) in [5, 5.41) is 3.95. The summed E-state index contributed by atoms with van der Waals surface area (Å²) in [6.45, 7) is 8.38. The van der Waals surface area contributed by atoms with E-state index >= 15 is 0 Å². The van der Waals surface area contributed by atoms with Gasteiger partial charge >= 0.3 is 0 Å². The highest BCUT2D eigenvalue weighted by molar-refractivity contribution is 6.79. The Morgan fingerprint density at radius 3 is 1.45 bits per heavy atom. The van der Waals surface area contributed by atoms with Crippen LogP contribution in [0.15, 0.2) is 0 Å². The molecule has 2 heteroatoms. The van der Waals surface area contributed by atoms with E-state index < -0.39 is 8.07 Å². The Morgan fingerprint density at radius 2 is 1.00 bits per heavy atom. The zero-order valence-corrected chi connectivity index (χ0v) is 21.8. The third kappa shape index (κ3) is 14.0. The summed E-state index contributed by atoms with van der Waals surface area (Å²) in [7, 11) is -1.07. The molecule has 1 nitrogen and oxygen atoms in total. The first kappa shape index (κ1) is 27.2. The molecule has 0 aromatic rings. The molecule has 0 saturated heterocycles. The van der Waals surface area contributed by atoms with Crippen LogP contribution in [-0.2, 0) is 0 Å². The molecule has 1 aliphatic carbocycles. The topological polar surface area (TPSA) is 12.0 Å². The molecule has 0 spiro atoms. The van der Waals surface area contributed by atoms with Crippen LogP contribution in [0.2, 0.25) is 24.2 Å². The highest BCUT2D eigenvalue weighted by Crippen LogP contribution is 2.34. The van der Waals surface area contributed by atoms with Crippen molar-refractivity contribution in [1.82, 2.24) is 5.32 Å². The number of rotatable bonds is 20. The van der Waals surface area contributed by atoms with Crippen molar-refractivity contribution in [3.8, 4) is 0 Å². The van der Waals surface area contributed by atoms with Crippen molar-refractivity contribution in [2.24, 2.45) is 0 Å². The lowest BCUT2D eigenvalue weighted by Crippen LogP contribution is -2.36. The third-order valence-electron chi connectivity index (χ3n) is 7.60. The summed E-state index contributed by atoms with van der Waals surface area (Å²) in [6, 6.07) is 7.41. The maximum absolute atomic E-state index is 3.95. The molecule has 0 aromatic carbocycles. The van der Waals surface area contributed by atoms with Gasteiger partial charge in [0.1, 0.15) is 0 Å². The first-order valence-electron chi connectivity index (χ1n) is 14.0. The standard InChI is InChI=1S/C27H57NSi/c1-4-7-10-16-23-29(24-17-11-8-5-2,25-18-12-9-6-3)26-19-22-28-27-20-14-13-15-21-27/h27-28H,4-26H2,1-3H3. The Hall–Kier alpha value is 0.177. The molecular formula is C27H57NSi.